The smallest absolute Gasteiger partial charge is 0.316 e. The first-order valence-corrected chi connectivity index (χ1v) is 10.1. The molecule has 0 spiro atoms. The van der Waals surface area contributed by atoms with Crippen molar-refractivity contribution in [1.29, 1.82) is 0 Å². The molecule has 142 valence electrons. The molecule has 2 aliphatic heterocycles. The molecule has 0 fully saturated rings. The summed E-state index contributed by atoms with van der Waals surface area (Å²) in [6.07, 6.45) is 1.11. The van der Waals surface area contributed by atoms with Crippen molar-refractivity contribution in [3.8, 4) is 11.5 Å². The first kappa shape index (κ1) is 18.2. The van der Waals surface area contributed by atoms with E-state index in [1.807, 2.05) is 47.4 Å². The zero-order chi connectivity index (χ0) is 19.0. The van der Waals surface area contributed by atoms with E-state index in [-0.39, 0.29) is 0 Å². The second-order valence-corrected chi connectivity index (χ2v) is 8.02. The predicted molar refractivity (Wildman–Crippen MR) is 109 cm³/mol. The Morgan fingerprint density at radius 1 is 1.11 bits per heavy atom. The molecule has 1 atom stereocenters. The average molecular weight is 386 g/mol. The number of hydrogen-bond donors (Lipinski definition) is 1. The van der Waals surface area contributed by atoms with Crippen molar-refractivity contribution in [2.75, 3.05) is 38.0 Å². The number of aliphatic hydroxyl groups is 1. The number of ether oxygens (including phenoxy) is 2. The van der Waals surface area contributed by atoms with E-state index in [9.17, 15) is 5.11 Å². The molecule has 2 heterocycles. The molecule has 2 aliphatic rings. The molecule has 4 rings (SSSR count). The Hall–Kier alpha value is -2.18. The number of anilines is 1. The van der Waals surface area contributed by atoms with Gasteiger partial charge in [-0.1, -0.05) is 29.8 Å². The molecule has 0 saturated heterocycles. The number of aryl methyl sites for hydroxylation is 1. The highest BCUT2D eigenvalue weighted by molar-refractivity contribution is 8.14. The SMILES string of the molecule is COc1ccc(OC)c(N2C3=[N+](CCCS3)C[C@@]2(O)c2ccc(C)cc2)c1. The summed E-state index contributed by atoms with van der Waals surface area (Å²) in [6, 6.07) is 13.8. The van der Waals surface area contributed by atoms with Gasteiger partial charge in [-0.2, -0.15) is 4.90 Å². The third-order valence-electron chi connectivity index (χ3n) is 5.19. The highest BCUT2D eigenvalue weighted by Crippen LogP contribution is 2.44. The Morgan fingerprint density at radius 3 is 2.59 bits per heavy atom. The minimum Gasteiger partial charge on any atom is -0.497 e. The van der Waals surface area contributed by atoms with Crippen molar-refractivity contribution in [1.82, 2.24) is 0 Å². The summed E-state index contributed by atoms with van der Waals surface area (Å²) in [4.78, 5) is 2.02. The van der Waals surface area contributed by atoms with Crippen molar-refractivity contribution in [3.05, 3.63) is 53.6 Å². The van der Waals surface area contributed by atoms with Gasteiger partial charge >= 0.3 is 5.17 Å². The van der Waals surface area contributed by atoms with E-state index < -0.39 is 5.72 Å². The molecule has 2 aromatic carbocycles. The summed E-state index contributed by atoms with van der Waals surface area (Å²) in [5.41, 5.74) is 1.69. The van der Waals surface area contributed by atoms with Crippen LogP contribution in [-0.4, -0.2) is 47.9 Å². The summed E-state index contributed by atoms with van der Waals surface area (Å²) in [7, 11) is 3.30. The molecule has 27 heavy (non-hydrogen) atoms. The highest BCUT2D eigenvalue weighted by Gasteiger charge is 2.56. The van der Waals surface area contributed by atoms with E-state index in [0.717, 1.165) is 40.9 Å². The van der Waals surface area contributed by atoms with Crippen molar-refractivity contribution in [2.24, 2.45) is 0 Å². The lowest BCUT2D eigenvalue weighted by atomic mass is 9.99. The summed E-state index contributed by atoms with van der Waals surface area (Å²) >= 11 is 1.78. The predicted octanol–water partition coefficient (Wildman–Crippen LogP) is 3.18. The van der Waals surface area contributed by atoms with Crippen LogP contribution in [-0.2, 0) is 5.72 Å². The quantitative estimate of drug-likeness (QED) is 0.819. The first-order chi connectivity index (χ1) is 13.1. The summed E-state index contributed by atoms with van der Waals surface area (Å²) in [6.45, 7) is 3.53. The van der Waals surface area contributed by atoms with Crippen LogP contribution in [0.3, 0.4) is 0 Å². The van der Waals surface area contributed by atoms with Gasteiger partial charge in [-0.3, -0.25) is 0 Å². The van der Waals surface area contributed by atoms with Gasteiger partial charge in [0.15, 0.2) is 18.0 Å². The summed E-state index contributed by atoms with van der Waals surface area (Å²) in [5, 5.41) is 13.0. The fraction of sp³-hybridized carbons (Fsp3) is 0.381. The lowest BCUT2D eigenvalue weighted by Crippen LogP contribution is -2.46. The van der Waals surface area contributed by atoms with Gasteiger partial charge in [0.25, 0.3) is 5.72 Å². The average Bonchev–Trinajstić information content (AvgIpc) is 3.00. The van der Waals surface area contributed by atoms with Crippen LogP contribution < -0.4 is 14.4 Å². The van der Waals surface area contributed by atoms with Gasteiger partial charge in [-0.15, -0.1) is 0 Å². The topological polar surface area (TPSA) is 44.9 Å². The third-order valence-corrected chi connectivity index (χ3v) is 6.38. The van der Waals surface area contributed by atoms with Crippen LogP contribution in [0.2, 0.25) is 0 Å². The lowest BCUT2D eigenvalue weighted by molar-refractivity contribution is -0.532. The fourth-order valence-electron chi connectivity index (χ4n) is 3.77. The van der Waals surface area contributed by atoms with Crippen LogP contribution in [0.15, 0.2) is 42.5 Å². The van der Waals surface area contributed by atoms with E-state index >= 15 is 0 Å². The molecule has 0 bridgehead atoms. The van der Waals surface area contributed by atoms with Gasteiger partial charge in [0.1, 0.15) is 5.75 Å². The van der Waals surface area contributed by atoms with Crippen molar-refractivity contribution >= 4 is 22.6 Å². The molecule has 6 heteroatoms. The van der Waals surface area contributed by atoms with Crippen molar-refractivity contribution in [2.45, 2.75) is 19.1 Å². The number of methoxy groups -OCH3 is 2. The van der Waals surface area contributed by atoms with Crippen LogP contribution in [0.1, 0.15) is 17.5 Å². The number of nitrogens with zero attached hydrogens (tertiary/aromatic N) is 2. The number of benzene rings is 2. The zero-order valence-corrected chi connectivity index (χ0v) is 16.8. The second kappa shape index (κ2) is 7.09. The first-order valence-electron chi connectivity index (χ1n) is 9.13. The third kappa shape index (κ3) is 3.07. The largest absolute Gasteiger partial charge is 0.497 e. The Kier molecular flexibility index (Phi) is 4.78. The van der Waals surface area contributed by atoms with Crippen molar-refractivity contribution in [3.63, 3.8) is 0 Å². The van der Waals surface area contributed by atoms with E-state index in [1.165, 1.54) is 5.56 Å². The van der Waals surface area contributed by atoms with Gasteiger partial charge in [0.05, 0.1) is 20.8 Å². The normalized spacial score (nSPS) is 22.0. The number of rotatable bonds is 4. The van der Waals surface area contributed by atoms with Crippen molar-refractivity contribution < 1.29 is 19.2 Å². The molecule has 0 unspecified atom stereocenters. The Bertz CT molecular complexity index is 881. The van der Waals surface area contributed by atoms with E-state index in [4.69, 9.17) is 9.47 Å². The molecular weight excluding hydrogens is 360 g/mol. The maximum absolute atomic E-state index is 11.9. The van der Waals surface area contributed by atoms with Crippen LogP contribution in [0.4, 0.5) is 5.69 Å². The van der Waals surface area contributed by atoms with E-state index in [2.05, 4.69) is 11.5 Å². The van der Waals surface area contributed by atoms with Crippen LogP contribution >= 0.6 is 11.8 Å². The van der Waals surface area contributed by atoms with Crippen LogP contribution in [0, 0.1) is 6.92 Å². The minimum absolute atomic E-state index is 0.527. The summed E-state index contributed by atoms with van der Waals surface area (Å²) in [5.74, 6) is 2.48. The van der Waals surface area contributed by atoms with Gasteiger partial charge in [0, 0.05) is 17.4 Å². The number of amidine groups is 1. The van der Waals surface area contributed by atoms with E-state index in [0.29, 0.717) is 12.3 Å². The molecule has 0 radical (unpaired) electrons. The molecule has 0 aromatic heterocycles. The lowest BCUT2D eigenvalue weighted by Gasteiger charge is -2.29. The zero-order valence-electron chi connectivity index (χ0n) is 15.9. The molecule has 2 aromatic rings. The van der Waals surface area contributed by atoms with Gasteiger partial charge in [-0.05, 0) is 37.2 Å². The Morgan fingerprint density at radius 2 is 1.89 bits per heavy atom. The molecule has 0 amide bonds. The fourth-order valence-corrected chi connectivity index (χ4v) is 4.94. The highest BCUT2D eigenvalue weighted by atomic mass is 32.2. The maximum Gasteiger partial charge on any atom is 0.316 e. The van der Waals surface area contributed by atoms with Crippen LogP contribution in [0.5, 0.6) is 11.5 Å². The monoisotopic (exact) mass is 385 g/mol. The standard InChI is InChI=1S/C21H25N2O3S/c1-15-5-7-16(8-6-15)21(24)14-22-11-4-12-27-20(22)23(21)18-13-17(25-2)9-10-19(18)26-3/h5-10,13,24H,4,11-12,14H2,1-3H3/q+1/t21-/m1/s1. The molecule has 5 nitrogen and oxygen atoms in total. The molecular formula is C21H25N2O3S+. The minimum atomic E-state index is -1.17. The van der Waals surface area contributed by atoms with E-state index in [1.54, 1.807) is 26.0 Å². The van der Waals surface area contributed by atoms with Gasteiger partial charge in [-0.25, -0.2) is 4.58 Å². The second-order valence-electron chi connectivity index (χ2n) is 6.96. The van der Waals surface area contributed by atoms with Gasteiger partial charge < -0.3 is 14.6 Å². The number of thioether (sulfide) groups is 1. The molecule has 0 saturated carbocycles. The Labute approximate surface area is 164 Å². The summed E-state index contributed by atoms with van der Waals surface area (Å²) < 4.78 is 13.4. The Balaban J connectivity index is 1.90. The molecule has 1 N–H and O–H groups in total. The van der Waals surface area contributed by atoms with Gasteiger partial charge in [0.2, 0.25) is 0 Å². The maximum atomic E-state index is 11.9. The molecule has 0 aliphatic carbocycles. The van der Waals surface area contributed by atoms with Crippen LogP contribution in [0.25, 0.3) is 0 Å². The number of hydrogen-bond acceptors (Lipinski definition) is 5.